The van der Waals surface area contributed by atoms with Gasteiger partial charge in [0.05, 0.1) is 17.5 Å². The van der Waals surface area contributed by atoms with E-state index in [0.29, 0.717) is 5.75 Å². The molecule has 1 aromatic heterocycles. The number of aryl methyl sites for hydroxylation is 1. The molecule has 0 radical (unpaired) electrons. The van der Waals surface area contributed by atoms with Crippen LogP contribution in [0.2, 0.25) is 0 Å². The smallest absolute Gasteiger partial charge is 0.416 e. The zero-order valence-corrected chi connectivity index (χ0v) is 12.1. The summed E-state index contributed by atoms with van der Waals surface area (Å²) in [4.78, 5) is 4.23. The van der Waals surface area contributed by atoms with Crippen LogP contribution in [0.3, 0.4) is 0 Å². The van der Waals surface area contributed by atoms with E-state index in [-0.39, 0.29) is 12.6 Å². The summed E-state index contributed by atoms with van der Waals surface area (Å²) in [5.74, 6) is 1.29. The molecule has 21 heavy (non-hydrogen) atoms. The summed E-state index contributed by atoms with van der Waals surface area (Å²) >= 11 is 0. The first-order valence-electron chi connectivity index (χ1n) is 6.62. The topological polar surface area (TPSA) is 27.1 Å². The van der Waals surface area contributed by atoms with Gasteiger partial charge in [-0.25, -0.2) is 4.98 Å². The van der Waals surface area contributed by atoms with Crippen molar-refractivity contribution >= 4 is 0 Å². The van der Waals surface area contributed by atoms with E-state index in [9.17, 15) is 13.2 Å². The van der Waals surface area contributed by atoms with Crippen LogP contribution in [0.4, 0.5) is 13.2 Å². The molecule has 3 nitrogen and oxygen atoms in total. The quantitative estimate of drug-likeness (QED) is 0.838. The molecule has 0 atom stereocenters. The molecule has 0 saturated heterocycles. The maximum atomic E-state index is 12.5. The summed E-state index contributed by atoms with van der Waals surface area (Å²) in [6, 6.07) is 4.93. The van der Waals surface area contributed by atoms with E-state index in [4.69, 9.17) is 4.74 Å². The molecule has 0 unspecified atom stereocenters. The minimum absolute atomic E-state index is 0.249. The van der Waals surface area contributed by atoms with Crippen molar-refractivity contribution in [1.82, 2.24) is 9.55 Å². The van der Waals surface area contributed by atoms with Crippen LogP contribution in [-0.4, -0.2) is 9.55 Å². The fourth-order valence-electron chi connectivity index (χ4n) is 2.21. The lowest BCUT2D eigenvalue weighted by Gasteiger charge is -2.15. The van der Waals surface area contributed by atoms with Gasteiger partial charge in [0.1, 0.15) is 18.2 Å². The average Bonchev–Trinajstić information content (AvgIpc) is 2.77. The lowest BCUT2D eigenvalue weighted by molar-refractivity contribution is -0.137. The van der Waals surface area contributed by atoms with Crippen molar-refractivity contribution in [3.8, 4) is 5.75 Å². The Balaban J connectivity index is 2.07. The van der Waals surface area contributed by atoms with Crippen molar-refractivity contribution in [2.24, 2.45) is 0 Å². The molecule has 114 valence electrons. The number of benzene rings is 1. The Kier molecular flexibility index (Phi) is 4.25. The van der Waals surface area contributed by atoms with Crippen molar-refractivity contribution in [1.29, 1.82) is 0 Å². The molecule has 0 amide bonds. The van der Waals surface area contributed by atoms with E-state index in [0.717, 1.165) is 23.7 Å². The predicted octanol–water partition coefficient (Wildman–Crippen LogP) is 4.37. The van der Waals surface area contributed by atoms with Gasteiger partial charge in [-0.05, 0) is 45.0 Å². The van der Waals surface area contributed by atoms with Gasteiger partial charge in [0.2, 0.25) is 0 Å². The van der Waals surface area contributed by atoms with Crippen LogP contribution in [0, 0.1) is 6.92 Å². The molecular formula is C15H17F3N2O. The highest BCUT2D eigenvalue weighted by atomic mass is 19.4. The van der Waals surface area contributed by atoms with Crippen molar-refractivity contribution < 1.29 is 17.9 Å². The standard InChI is InChI=1S/C15H17F3N2O/c1-10(2)20-11(3)19-8-13(20)9-21-14-6-4-12(5-7-14)15(16,17)18/h4-8,10H,9H2,1-3H3. The Bertz CT molecular complexity index is 600. The Hall–Kier alpha value is -1.98. The lowest BCUT2D eigenvalue weighted by atomic mass is 10.2. The number of halogens is 3. The SMILES string of the molecule is Cc1ncc(COc2ccc(C(F)(F)F)cc2)n1C(C)C. The highest BCUT2D eigenvalue weighted by Gasteiger charge is 2.30. The molecule has 0 spiro atoms. The molecule has 0 aliphatic heterocycles. The number of hydrogen-bond acceptors (Lipinski definition) is 2. The summed E-state index contributed by atoms with van der Waals surface area (Å²) < 4.78 is 45.0. The first kappa shape index (κ1) is 15.4. The van der Waals surface area contributed by atoms with Crippen LogP contribution in [0.5, 0.6) is 5.75 Å². The number of ether oxygens (including phenoxy) is 1. The number of nitrogens with zero attached hydrogens (tertiary/aromatic N) is 2. The minimum atomic E-state index is -4.33. The minimum Gasteiger partial charge on any atom is -0.487 e. The fraction of sp³-hybridized carbons (Fsp3) is 0.400. The van der Waals surface area contributed by atoms with Gasteiger partial charge in [-0.3, -0.25) is 0 Å². The van der Waals surface area contributed by atoms with Gasteiger partial charge in [-0.1, -0.05) is 0 Å². The maximum Gasteiger partial charge on any atom is 0.416 e. The number of imidazole rings is 1. The van der Waals surface area contributed by atoms with Crippen LogP contribution in [0.15, 0.2) is 30.5 Å². The van der Waals surface area contributed by atoms with E-state index in [1.54, 1.807) is 6.20 Å². The molecule has 2 aromatic rings. The lowest BCUT2D eigenvalue weighted by Crippen LogP contribution is -2.10. The normalized spacial score (nSPS) is 12.0. The van der Waals surface area contributed by atoms with E-state index in [2.05, 4.69) is 4.98 Å². The Morgan fingerprint density at radius 1 is 1.19 bits per heavy atom. The second-order valence-electron chi connectivity index (χ2n) is 5.07. The van der Waals surface area contributed by atoms with Crippen LogP contribution in [0.1, 0.15) is 37.0 Å². The highest BCUT2D eigenvalue weighted by Crippen LogP contribution is 2.30. The second kappa shape index (κ2) is 5.79. The Labute approximate surface area is 121 Å². The third kappa shape index (κ3) is 3.56. The molecule has 6 heteroatoms. The van der Waals surface area contributed by atoms with Crippen molar-refractivity contribution in [3.05, 3.63) is 47.5 Å². The van der Waals surface area contributed by atoms with Crippen LogP contribution >= 0.6 is 0 Å². The number of rotatable bonds is 4. The number of alkyl halides is 3. The molecule has 1 aromatic carbocycles. The molecule has 1 heterocycles. The average molecular weight is 298 g/mol. The first-order chi connectivity index (χ1) is 9.79. The molecule has 0 aliphatic rings. The van der Waals surface area contributed by atoms with E-state index < -0.39 is 11.7 Å². The molecule has 0 saturated carbocycles. The highest BCUT2D eigenvalue weighted by molar-refractivity contribution is 5.29. The third-order valence-corrected chi connectivity index (χ3v) is 3.14. The largest absolute Gasteiger partial charge is 0.487 e. The zero-order valence-electron chi connectivity index (χ0n) is 12.1. The maximum absolute atomic E-state index is 12.5. The van der Waals surface area contributed by atoms with Gasteiger partial charge in [0.25, 0.3) is 0 Å². The number of hydrogen-bond donors (Lipinski definition) is 0. The Morgan fingerprint density at radius 3 is 2.33 bits per heavy atom. The van der Waals surface area contributed by atoms with Gasteiger partial charge in [-0.2, -0.15) is 13.2 Å². The molecule has 0 bridgehead atoms. The van der Waals surface area contributed by atoms with Gasteiger partial charge < -0.3 is 9.30 Å². The summed E-state index contributed by atoms with van der Waals surface area (Å²) in [7, 11) is 0. The molecule has 2 rings (SSSR count). The first-order valence-corrected chi connectivity index (χ1v) is 6.62. The van der Waals surface area contributed by atoms with Crippen molar-refractivity contribution in [3.63, 3.8) is 0 Å². The van der Waals surface area contributed by atoms with Gasteiger partial charge in [-0.15, -0.1) is 0 Å². The Morgan fingerprint density at radius 2 is 1.81 bits per heavy atom. The molecule has 0 N–H and O–H groups in total. The molecular weight excluding hydrogens is 281 g/mol. The third-order valence-electron chi connectivity index (χ3n) is 3.14. The van der Waals surface area contributed by atoms with Crippen LogP contribution < -0.4 is 4.74 Å². The molecule has 0 aliphatic carbocycles. The van der Waals surface area contributed by atoms with Gasteiger partial charge in [0.15, 0.2) is 0 Å². The van der Waals surface area contributed by atoms with Crippen LogP contribution in [-0.2, 0) is 12.8 Å². The van der Waals surface area contributed by atoms with Crippen molar-refractivity contribution in [2.45, 2.75) is 39.6 Å². The second-order valence-corrected chi connectivity index (χ2v) is 5.07. The van der Waals surface area contributed by atoms with Crippen molar-refractivity contribution in [2.75, 3.05) is 0 Å². The van der Waals surface area contributed by atoms with Gasteiger partial charge in [0, 0.05) is 6.04 Å². The molecule has 0 fully saturated rings. The van der Waals surface area contributed by atoms with E-state index in [1.807, 2.05) is 25.3 Å². The van der Waals surface area contributed by atoms with E-state index >= 15 is 0 Å². The summed E-state index contributed by atoms with van der Waals surface area (Å²) in [6.07, 6.45) is -2.61. The van der Waals surface area contributed by atoms with E-state index in [1.165, 1.54) is 12.1 Å². The summed E-state index contributed by atoms with van der Waals surface area (Å²) in [5, 5.41) is 0. The summed E-state index contributed by atoms with van der Waals surface area (Å²) in [5.41, 5.74) is 0.209. The van der Waals surface area contributed by atoms with Crippen LogP contribution in [0.25, 0.3) is 0 Å². The fourth-order valence-corrected chi connectivity index (χ4v) is 2.21. The predicted molar refractivity (Wildman–Crippen MR) is 73.1 cm³/mol. The number of aromatic nitrogens is 2. The summed E-state index contributed by atoms with van der Waals surface area (Å²) in [6.45, 7) is 6.25. The zero-order chi connectivity index (χ0) is 15.6. The van der Waals surface area contributed by atoms with Gasteiger partial charge >= 0.3 is 6.18 Å². The monoisotopic (exact) mass is 298 g/mol.